The first-order chi connectivity index (χ1) is 7.13. The third-order valence-corrected chi connectivity index (χ3v) is 2.17. The van der Waals surface area contributed by atoms with E-state index in [4.69, 9.17) is 10.5 Å². The van der Waals surface area contributed by atoms with Gasteiger partial charge in [0.1, 0.15) is 0 Å². The van der Waals surface area contributed by atoms with Gasteiger partial charge in [-0.2, -0.15) is 0 Å². The van der Waals surface area contributed by atoms with Gasteiger partial charge in [-0.25, -0.2) is 8.78 Å². The van der Waals surface area contributed by atoms with Crippen LogP contribution in [0.3, 0.4) is 0 Å². The van der Waals surface area contributed by atoms with Gasteiger partial charge in [0.15, 0.2) is 11.6 Å². The molecule has 0 aromatic heterocycles. The quantitative estimate of drug-likeness (QED) is 0.813. The third kappa shape index (κ3) is 3.93. The third-order valence-electron chi connectivity index (χ3n) is 2.17. The van der Waals surface area contributed by atoms with E-state index in [0.717, 1.165) is 6.07 Å². The zero-order chi connectivity index (χ0) is 11.3. The summed E-state index contributed by atoms with van der Waals surface area (Å²) in [5.41, 5.74) is 6.49. The van der Waals surface area contributed by atoms with E-state index in [9.17, 15) is 8.78 Å². The van der Waals surface area contributed by atoms with Crippen molar-refractivity contribution in [1.29, 1.82) is 0 Å². The van der Waals surface area contributed by atoms with E-state index in [2.05, 4.69) is 0 Å². The first-order valence-corrected chi connectivity index (χ1v) is 4.82. The molecule has 0 radical (unpaired) electrons. The molecule has 0 aliphatic heterocycles. The number of rotatable bonds is 5. The Morgan fingerprint density at radius 3 is 2.67 bits per heavy atom. The van der Waals surface area contributed by atoms with Gasteiger partial charge in [0, 0.05) is 19.8 Å². The van der Waals surface area contributed by atoms with E-state index in [-0.39, 0.29) is 6.04 Å². The Morgan fingerprint density at radius 2 is 2.07 bits per heavy atom. The summed E-state index contributed by atoms with van der Waals surface area (Å²) in [6, 6.07) is 3.76. The van der Waals surface area contributed by atoms with Crippen molar-refractivity contribution in [2.75, 3.05) is 13.7 Å². The van der Waals surface area contributed by atoms with Crippen LogP contribution in [0.15, 0.2) is 18.2 Å². The average Bonchev–Trinajstić information content (AvgIpc) is 2.20. The van der Waals surface area contributed by atoms with Crippen molar-refractivity contribution in [1.82, 2.24) is 0 Å². The van der Waals surface area contributed by atoms with Gasteiger partial charge in [-0.3, -0.25) is 0 Å². The minimum Gasteiger partial charge on any atom is -0.385 e. The fourth-order valence-corrected chi connectivity index (χ4v) is 1.34. The molecule has 15 heavy (non-hydrogen) atoms. The van der Waals surface area contributed by atoms with Gasteiger partial charge in [-0.15, -0.1) is 0 Å². The maximum absolute atomic E-state index is 12.8. The Labute approximate surface area is 88.0 Å². The summed E-state index contributed by atoms with van der Waals surface area (Å²) in [4.78, 5) is 0. The molecule has 0 fully saturated rings. The highest BCUT2D eigenvalue weighted by Crippen LogP contribution is 2.10. The van der Waals surface area contributed by atoms with Crippen LogP contribution in [0, 0.1) is 11.6 Å². The van der Waals surface area contributed by atoms with Gasteiger partial charge >= 0.3 is 0 Å². The van der Waals surface area contributed by atoms with Crippen LogP contribution in [0.2, 0.25) is 0 Å². The monoisotopic (exact) mass is 215 g/mol. The van der Waals surface area contributed by atoms with E-state index in [1.807, 2.05) is 0 Å². The molecule has 0 amide bonds. The molecule has 84 valence electrons. The Kier molecular flexibility index (Phi) is 4.65. The predicted octanol–water partition coefficient (Wildman–Crippen LogP) is 1.87. The number of benzene rings is 1. The lowest BCUT2D eigenvalue weighted by atomic mass is 10.0. The summed E-state index contributed by atoms with van der Waals surface area (Å²) < 4.78 is 30.3. The van der Waals surface area contributed by atoms with Crippen LogP contribution < -0.4 is 5.73 Å². The van der Waals surface area contributed by atoms with E-state index in [1.54, 1.807) is 13.2 Å². The van der Waals surface area contributed by atoms with Crippen molar-refractivity contribution in [2.24, 2.45) is 5.73 Å². The lowest BCUT2D eigenvalue weighted by Gasteiger charge is -2.10. The van der Waals surface area contributed by atoms with Crippen LogP contribution in [0.5, 0.6) is 0 Å². The molecule has 0 saturated carbocycles. The molecule has 0 bridgehead atoms. The normalized spacial score (nSPS) is 12.8. The topological polar surface area (TPSA) is 35.2 Å². The molecule has 2 nitrogen and oxygen atoms in total. The highest BCUT2D eigenvalue weighted by atomic mass is 19.2. The van der Waals surface area contributed by atoms with E-state index < -0.39 is 11.6 Å². The van der Waals surface area contributed by atoms with Gasteiger partial charge in [0.25, 0.3) is 0 Å². The number of nitrogens with two attached hydrogens (primary N) is 1. The molecule has 0 aliphatic carbocycles. The fourth-order valence-electron chi connectivity index (χ4n) is 1.34. The Hall–Kier alpha value is -1.00. The second-order valence-corrected chi connectivity index (χ2v) is 3.49. The van der Waals surface area contributed by atoms with Crippen LogP contribution in [-0.2, 0) is 11.2 Å². The minimum absolute atomic E-state index is 0.0881. The predicted molar refractivity (Wildman–Crippen MR) is 54.5 cm³/mol. The fraction of sp³-hybridized carbons (Fsp3) is 0.455. The Bertz CT molecular complexity index is 317. The van der Waals surface area contributed by atoms with Gasteiger partial charge in [0.2, 0.25) is 0 Å². The second-order valence-electron chi connectivity index (χ2n) is 3.49. The lowest BCUT2D eigenvalue weighted by molar-refractivity contribution is 0.188. The van der Waals surface area contributed by atoms with E-state index >= 15 is 0 Å². The van der Waals surface area contributed by atoms with E-state index in [1.165, 1.54) is 6.07 Å². The van der Waals surface area contributed by atoms with Crippen molar-refractivity contribution >= 4 is 0 Å². The molecule has 0 heterocycles. The van der Waals surface area contributed by atoms with Crippen LogP contribution in [-0.4, -0.2) is 19.8 Å². The highest BCUT2D eigenvalue weighted by Gasteiger charge is 2.07. The SMILES string of the molecule is COCCC(N)Cc1ccc(F)c(F)c1. The molecular weight excluding hydrogens is 200 g/mol. The number of hydrogen-bond donors (Lipinski definition) is 1. The summed E-state index contributed by atoms with van der Waals surface area (Å²) in [6.45, 7) is 0.574. The molecule has 0 spiro atoms. The van der Waals surface area contributed by atoms with Crippen molar-refractivity contribution < 1.29 is 13.5 Å². The van der Waals surface area contributed by atoms with Crippen LogP contribution in [0.25, 0.3) is 0 Å². The van der Waals surface area contributed by atoms with Crippen LogP contribution in [0.1, 0.15) is 12.0 Å². The van der Waals surface area contributed by atoms with Crippen molar-refractivity contribution in [2.45, 2.75) is 18.9 Å². The Morgan fingerprint density at radius 1 is 1.33 bits per heavy atom. The molecule has 4 heteroatoms. The van der Waals surface area contributed by atoms with Crippen molar-refractivity contribution in [3.05, 3.63) is 35.4 Å². The summed E-state index contributed by atoms with van der Waals surface area (Å²) in [5.74, 6) is -1.66. The van der Waals surface area contributed by atoms with Gasteiger partial charge in [-0.05, 0) is 30.5 Å². The molecule has 0 aliphatic rings. The number of hydrogen-bond acceptors (Lipinski definition) is 2. The van der Waals surface area contributed by atoms with E-state index in [0.29, 0.717) is 25.0 Å². The maximum atomic E-state index is 12.8. The summed E-state index contributed by atoms with van der Waals surface area (Å²) in [6.07, 6.45) is 1.23. The smallest absolute Gasteiger partial charge is 0.159 e. The average molecular weight is 215 g/mol. The Balaban J connectivity index is 2.53. The maximum Gasteiger partial charge on any atom is 0.159 e. The van der Waals surface area contributed by atoms with Crippen molar-refractivity contribution in [3.8, 4) is 0 Å². The molecule has 1 unspecified atom stereocenters. The summed E-state index contributed by atoms with van der Waals surface area (Å²) in [5, 5.41) is 0. The largest absolute Gasteiger partial charge is 0.385 e. The molecule has 1 atom stereocenters. The minimum atomic E-state index is -0.829. The van der Waals surface area contributed by atoms with Crippen LogP contribution >= 0.6 is 0 Å². The van der Waals surface area contributed by atoms with Gasteiger partial charge < -0.3 is 10.5 Å². The number of ether oxygens (including phenoxy) is 1. The molecular formula is C11H15F2NO. The molecule has 1 aromatic carbocycles. The van der Waals surface area contributed by atoms with Gasteiger partial charge in [-0.1, -0.05) is 6.07 Å². The molecule has 1 aromatic rings. The molecule has 0 saturated heterocycles. The summed E-state index contributed by atoms with van der Waals surface area (Å²) in [7, 11) is 1.60. The standard InChI is InChI=1S/C11H15F2NO/c1-15-5-4-9(14)6-8-2-3-10(12)11(13)7-8/h2-3,7,9H,4-6,14H2,1H3. The lowest BCUT2D eigenvalue weighted by Crippen LogP contribution is -2.24. The molecule has 1 rings (SSSR count). The second kappa shape index (κ2) is 5.78. The zero-order valence-corrected chi connectivity index (χ0v) is 8.67. The first-order valence-electron chi connectivity index (χ1n) is 4.82. The number of methoxy groups -OCH3 is 1. The first kappa shape index (κ1) is 12.1. The summed E-state index contributed by atoms with van der Waals surface area (Å²) >= 11 is 0. The number of halogens is 2. The van der Waals surface area contributed by atoms with Crippen LogP contribution in [0.4, 0.5) is 8.78 Å². The van der Waals surface area contributed by atoms with Crippen molar-refractivity contribution in [3.63, 3.8) is 0 Å². The highest BCUT2D eigenvalue weighted by molar-refractivity contribution is 5.18. The molecule has 2 N–H and O–H groups in total. The zero-order valence-electron chi connectivity index (χ0n) is 8.67. The van der Waals surface area contributed by atoms with Gasteiger partial charge in [0.05, 0.1) is 0 Å².